The van der Waals surface area contributed by atoms with Crippen LogP contribution in [0.5, 0.6) is 0 Å². The van der Waals surface area contributed by atoms with Crippen LogP contribution in [0.2, 0.25) is 0 Å². The van der Waals surface area contributed by atoms with Gasteiger partial charge in [-0.2, -0.15) is 14.5 Å². The molecular weight excluding hydrogens is 440 g/mol. The number of nitrogens with two attached hydrogens (primary N) is 1. The van der Waals surface area contributed by atoms with Gasteiger partial charge in [0, 0.05) is 44.2 Å². The fraction of sp³-hybridized carbons (Fsp3) is 0.385. The number of hydrogen-bond donors (Lipinski definition) is 2. The van der Waals surface area contributed by atoms with Gasteiger partial charge < -0.3 is 20.9 Å². The van der Waals surface area contributed by atoms with E-state index < -0.39 is 0 Å². The third-order valence-electron chi connectivity index (χ3n) is 7.34. The number of anilines is 2. The topological polar surface area (TPSA) is 105 Å². The lowest BCUT2D eigenvalue weighted by Gasteiger charge is -2.34. The van der Waals surface area contributed by atoms with Gasteiger partial charge in [-0.25, -0.2) is 4.79 Å². The molecular formula is C26H30N8O. The molecule has 1 saturated heterocycles. The van der Waals surface area contributed by atoms with Crippen LogP contribution in [-0.4, -0.2) is 56.7 Å². The molecule has 0 radical (unpaired) electrons. The molecule has 4 aromatic rings. The number of piperazine rings is 1. The summed E-state index contributed by atoms with van der Waals surface area (Å²) >= 11 is 0. The second-order valence-corrected chi connectivity index (χ2v) is 9.59. The highest BCUT2D eigenvalue weighted by atomic mass is 16.2. The molecule has 1 aliphatic heterocycles. The zero-order valence-electron chi connectivity index (χ0n) is 19.9. The maximum atomic E-state index is 11.5. The predicted octanol–water partition coefficient (Wildman–Crippen LogP) is 3.92. The molecule has 2 aromatic carbocycles. The molecule has 1 saturated carbocycles. The van der Waals surface area contributed by atoms with Crippen LogP contribution in [0.1, 0.15) is 49.5 Å². The Morgan fingerprint density at radius 1 is 1.03 bits per heavy atom. The summed E-state index contributed by atoms with van der Waals surface area (Å²) in [7, 11) is 0. The third kappa shape index (κ3) is 4.11. The Hall–Kier alpha value is -3.88. The summed E-state index contributed by atoms with van der Waals surface area (Å²) in [6.07, 6.45) is 3.50. The van der Waals surface area contributed by atoms with Crippen molar-refractivity contribution in [3.8, 4) is 0 Å². The fourth-order valence-corrected chi connectivity index (χ4v) is 4.91. The molecule has 35 heavy (non-hydrogen) atoms. The van der Waals surface area contributed by atoms with Gasteiger partial charge in [-0.15, -0.1) is 5.10 Å². The van der Waals surface area contributed by atoms with Crippen LogP contribution in [0.3, 0.4) is 0 Å². The van der Waals surface area contributed by atoms with Crippen molar-refractivity contribution >= 4 is 34.2 Å². The number of urea groups is 1. The smallest absolute Gasteiger partial charge is 0.314 e. The van der Waals surface area contributed by atoms with Gasteiger partial charge in [0.05, 0.1) is 0 Å². The first kappa shape index (κ1) is 21.6. The highest BCUT2D eigenvalue weighted by Crippen LogP contribution is 2.35. The largest absolute Gasteiger partial charge is 0.363 e. The molecule has 0 bridgehead atoms. The van der Waals surface area contributed by atoms with Gasteiger partial charge in [0.2, 0.25) is 0 Å². The number of hydrogen-bond acceptors (Lipinski definition) is 6. The van der Waals surface area contributed by atoms with Crippen molar-refractivity contribution in [1.82, 2.24) is 24.5 Å². The van der Waals surface area contributed by atoms with E-state index in [2.05, 4.69) is 59.6 Å². The van der Waals surface area contributed by atoms with E-state index in [0.717, 1.165) is 30.3 Å². The van der Waals surface area contributed by atoms with Gasteiger partial charge in [0.1, 0.15) is 11.6 Å². The van der Waals surface area contributed by atoms with E-state index in [1.807, 2.05) is 10.6 Å². The normalized spacial score (nSPS) is 17.5. The SMILES string of the molecule is C[C@@H](Nc1cc(N2CCN(C(N)=O)CC2)nc2nc(C3CCC3)nn12)c1ccc2ccccc2c1. The van der Waals surface area contributed by atoms with Gasteiger partial charge in [0.25, 0.3) is 5.78 Å². The first-order valence-corrected chi connectivity index (χ1v) is 12.4. The molecule has 0 spiro atoms. The van der Waals surface area contributed by atoms with Crippen LogP contribution >= 0.6 is 0 Å². The lowest BCUT2D eigenvalue weighted by Crippen LogP contribution is -2.50. The van der Waals surface area contributed by atoms with E-state index in [-0.39, 0.29) is 12.1 Å². The number of primary amides is 1. The Balaban J connectivity index is 1.33. The summed E-state index contributed by atoms with van der Waals surface area (Å²) < 4.78 is 1.84. The summed E-state index contributed by atoms with van der Waals surface area (Å²) in [5.74, 6) is 3.60. The molecule has 2 aromatic heterocycles. The Morgan fingerprint density at radius 2 is 1.80 bits per heavy atom. The number of nitrogens with one attached hydrogen (secondary N) is 1. The van der Waals surface area contributed by atoms with Gasteiger partial charge >= 0.3 is 6.03 Å². The Kier molecular flexibility index (Phi) is 5.39. The number of carbonyl (C=O) groups excluding carboxylic acids is 1. The minimum atomic E-state index is -0.373. The van der Waals surface area contributed by atoms with Crippen LogP contribution in [-0.2, 0) is 0 Å². The summed E-state index contributed by atoms with van der Waals surface area (Å²) in [4.78, 5) is 25.1. The Morgan fingerprint density at radius 3 is 2.51 bits per heavy atom. The van der Waals surface area contributed by atoms with Gasteiger partial charge in [-0.1, -0.05) is 42.8 Å². The van der Waals surface area contributed by atoms with Crippen molar-refractivity contribution < 1.29 is 4.79 Å². The molecule has 1 aliphatic carbocycles. The van der Waals surface area contributed by atoms with Crippen LogP contribution < -0.4 is 16.0 Å². The second kappa shape index (κ2) is 8.72. The number of nitrogens with zero attached hydrogens (tertiary/aromatic N) is 6. The van der Waals surface area contributed by atoms with E-state index >= 15 is 0 Å². The molecule has 3 N–H and O–H groups in total. The molecule has 2 aliphatic rings. The zero-order chi connectivity index (χ0) is 23.9. The maximum Gasteiger partial charge on any atom is 0.314 e. The van der Waals surface area contributed by atoms with E-state index in [9.17, 15) is 4.79 Å². The maximum absolute atomic E-state index is 11.5. The van der Waals surface area contributed by atoms with E-state index in [4.69, 9.17) is 20.8 Å². The fourth-order valence-electron chi connectivity index (χ4n) is 4.91. The van der Waals surface area contributed by atoms with Gasteiger partial charge in [-0.05, 0) is 42.2 Å². The van der Waals surface area contributed by atoms with Crippen LogP contribution in [0.4, 0.5) is 16.4 Å². The van der Waals surface area contributed by atoms with Crippen LogP contribution in [0.25, 0.3) is 16.6 Å². The molecule has 3 heterocycles. The lowest BCUT2D eigenvalue weighted by molar-refractivity contribution is 0.204. The average Bonchev–Trinajstić information content (AvgIpc) is 3.26. The van der Waals surface area contributed by atoms with E-state index in [1.54, 1.807) is 4.90 Å². The zero-order valence-corrected chi connectivity index (χ0v) is 19.9. The third-order valence-corrected chi connectivity index (χ3v) is 7.34. The summed E-state index contributed by atoms with van der Waals surface area (Å²) in [5.41, 5.74) is 6.66. The highest BCUT2D eigenvalue weighted by Gasteiger charge is 2.26. The first-order chi connectivity index (χ1) is 17.0. The summed E-state index contributed by atoms with van der Waals surface area (Å²) in [6, 6.07) is 16.7. The second-order valence-electron chi connectivity index (χ2n) is 9.59. The number of fused-ring (bicyclic) bond motifs is 2. The van der Waals surface area contributed by atoms with Crippen molar-refractivity contribution in [3.05, 3.63) is 59.9 Å². The van der Waals surface area contributed by atoms with Gasteiger partial charge in [0.15, 0.2) is 5.82 Å². The molecule has 0 unspecified atom stereocenters. The molecule has 2 fully saturated rings. The molecule has 1 atom stereocenters. The number of benzene rings is 2. The Bertz CT molecular complexity index is 1390. The predicted molar refractivity (Wildman–Crippen MR) is 137 cm³/mol. The van der Waals surface area contributed by atoms with Crippen LogP contribution in [0.15, 0.2) is 48.5 Å². The van der Waals surface area contributed by atoms with Crippen molar-refractivity contribution in [1.29, 1.82) is 0 Å². The van der Waals surface area contributed by atoms with Crippen molar-refractivity contribution in [2.24, 2.45) is 5.73 Å². The van der Waals surface area contributed by atoms with Gasteiger partial charge in [-0.3, -0.25) is 0 Å². The highest BCUT2D eigenvalue weighted by molar-refractivity contribution is 5.83. The minimum Gasteiger partial charge on any atom is -0.363 e. The minimum absolute atomic E-state index is 0.0566. The van der Waals surface area contributed by atoms with Crippen molar-refractivity contribution in [2.75, 3.05) is 36.4 Å². The standard InChI is InChI=1S/C26H30N8O/c1-17(20-10-9-18-5-2-3-6-21(18)15-20)28-23-16-22(32-11-13-33(14-12-32)25(27)35)29-26-30-24(31-34(23)26)19-7-4-8-19/h2-3,5-6,9-10,15-17,19,28H,4,7-8,11-14H2,1H3,(H2,27,35)/t17-/m1/s1. The molecule has 9 nitrogen and oxygen atoms in total. The average molecular weight is 471 g/mol. The molecule has 6 rings (SSSR count). The number of carbonyl (C=O) groups is 1. The molecule has 2 amide bonds. The van der Waals surface area contributed by atoms with E-state index in [0.29, 0.717) is 37.9 Å². The summed E-state index contributed by atoms with van der Waals surface area (Å²) in [5, 5.41) is 11.0. The summed E-state index contributed by atoms with van der Waals surface area (Å²) in [6.45, 7) is 4.67. The quantitative estimate of drug-likeness (QED) is 0.458. The lowest BCUT2D eigenvalue weighted by atomic mass is 9.85. The number of amides is 2. The first-order valence-electron chi connectivity index (χ1n) is 12.4. The Labute approximate surface area is 203 Å². The van der Waals surface area contributed by atoms with Crippen molar-refractivity contribution in [3.63, 3.8) is 0 Å². The monoisotopic (exact) mass is 470 g/mol. The van der Waals surface area contributed by atoms with E-state index in [1.165, 1.54) is 22.8 Å². The molecule has 9 heteroatoms. The molecule has 180 valence electrons. The van der Waals surface area contributed by atoms with Crippen LogP contribution in [0, 0.1) is 0 Å². The van der Waals surface area contributed by atoms with Crippen molar-refractivity contribution in [2.45, 2.75) is 38.1 Å². The number of rotatable bonds is 5. The number of aromatic nitrogens is 4.